The van der Waals surface area contributed by atoms with E-state index >= 15 is 0 Å². The van der Waals surface area contributed by atoms with Gasteiger partial charge in [-0.05, 0) is 39.9 Å². The van der Waals surface area contributed by atoms with E-state index in [0.29, 0.717) is 5.56 Å². The van der Waals surface area contributed by atoms with Crippen LogP contribution in [-0.4, -0.2) is 37.3 Å². The van der Waals surface area contributed by atoms with Gasteiger partial charge in [0.2, 0.25) is 0 Å². The number of benzene rings is 4. The molecule has 4 aromatic carbocycles. The van der Waals surface area contributed by atoms with Gasteiger partial charge >= 0.3 is 0 Å². The predicted octanol–water partition coefficient (Wildman–Crippen LogP) is 6.66. The van der Waals surface area contributed by atoms with Crippen molar-refractivity contribution in [1.82, 2.24) is 10.3 Å². The predicted molar refractivity (Wildman–Crippen MR) is 153 cm³/mol. The zero-order valence-electron chi connectivity index (χ0n) is 20.9. The third kappa shape index (κ3) is 4.01. The number of aromatic nitrogens is 1. The van der Waals surface area contributed by atoms with E-state index in [1.807, 2.05) is 36.4 Å². The molecular formula is C32H27BrN2O3. The molecule has 6 rings (SSSR count). The van der Waals surface area contributed by atoms with E-state index < -0.39 is 11.6 Å². The first-order valence-corrected chi connectivity index (χ1v) is 13.3. The molecular weight excluding hydrogens is 540 g/mol. The van der Waals surface area contributed by atoms with Crippen molar-refractivity contribution in [3.8, 4) is 11.1 Å². The number of methoxy groups -OCH3 is 1. The second-order valence-corrected chi connectivity index (χ2v) is 10.3. The van der Waals surface area contributed by atoms with Crippen LogP contribution in [-0.2, 0) is 15.0 Å². The summed E-state index contributed by atoms with van der Waals surface area (Å²) >= 11 is 3.64. The number of rotatable bonds is 9. The Kier molecular flexibility index (Phi) is 6.72. The van der Waals surface area contributed by atoms with Crippen molar-refractivity contribution >= 4 is 32.6 Å². The number of nitrogens with one attached hydrogen (secondary N) is 2. The SMILES string of the molecule is COCOC[C@H](NC1(c2ccccc2)c2ccccc2-c2ccccc21)C(=O)c1c[nH]c2cccc(Br)c12. The van der Waals surface area contributed by atoms with Crippen LogP contribution < -0.4 is 5.32 Å². The van der Waals surface area contributed by atoms with E-state index in [0.717, 1.165) is 43.2 Å². The molecule has 6 heteroatoms. The summed E-state index contributed by atoms with van der Waals surface area (Å²) in [6, 6.07) is 32.3. The summed E-state index contributed by atoms with van der Waals surface area (Å²) in [5.74, 6) is -0.0589. The van der Waals surface area contributed by atoms with Crippen LogP contribution in [0.2, 0.25) is 0 Å². The maximum absolute atomic E-state index is 14.3. The van der Waals surface area contributed by atoms with Crippen LogP contribution in [0.5, 0.6) is 0 Å². The smallest absolute Gasteiger partial charge is 0.184 e. The number of hydrogen-bond donors (Lipinski definition) is 2. The Morgan fingerprint density at radius 3 is 2.24 bits per heavy atom. The van der Waals surface area contributed by atoms with Crippen LogP contribution in [0.25, 0.3) is 22.0 Å². The van der Waals surface area contributed by atoms with E-state index in [1.54, 1.807) is 13.3 Å². The molecule has 1 heterocycles. The molecule has 1 aliphatic rings. The summed E-state index contributed by atoms with van der Waals surface area (Å²) < 4.78 is 11.9. The number of fused-ring (bicyclic) bond motifs is 4. The van der Waals surface area contributed by atoms with Gasteiger partial charge in [-0.2, -0.15) is 0 Å². The van der Waals surface area contributed by atoms with E-state index in [1.165, 1.54) is 0 Å². The minimum Gasteiger partial charge on any atom is -0.360 e. The first kappa shape index (κ1) is 24.8. The Bertz CT molecular complexity index is 1570. The van der Waals surface area contributed by atoms with E-state index in [2.05, 4.69) is 86.9 Å². The number of ketones is 1. The number of carbonyl (C=O) groups is 1. The lowest BCUT2D eigenvalue weighted by Crippen LogP contribution is -2.53. The lowest BCUT2D eigenvalue weighted by Gasteiger charge is -2.37. The molecule has 0 fully saturated rings. The number of H-pyrrole nitrogens is 1. The van der Waals surface area contributed by atoms with Gasteiger partial charge in [0.25, 0.3) is 0 Å². The van der Waals surface area contributed by atoms with E-state index in [9.17, 15) is 4.79 Å². The average molecular weight is 567 g/mol. The minimum absolute atomic E-state index is 0.0589. The summed E-state index contributed by atoms with van der Waals surface area (Å²) in [6.45, 7) is 0.233. The Morgan fingerprint density at radius 1 is 0.895 bits per heavy atom. The standard InChI is InChI=1S/C32H27BrN2O3/c1-37-20-38-19-29(31(36)24-18-34-28-17-9-16-27(33)30(24)28)35-32(21-10-3-2-4-11-21)25-14-7-5-12-22(25)23-13-6-8-15-26(23)32/h2-18,29,34-35H,19-20H2,1H3/t29-/m0/s1. The molecule has 1 atom stereocenters. The molecule has 0 spiro atoms. The van der Waals surface area contributed by atoms with Gasteiger partial charge in [0.1, 0.15) is 6.79 Å². The Morgan fingerprint density at radius 2 is 1.55 bits per heavy atom. The number of carbonyl (C=O) groups excluding carboxylic acids is 1. The van der Waals surface area contributed by atoms with Crippen LogP contribution in [0, 0.1) is 0 Å². The van der Waals surface area contributed by atoms with Gasteiger partial charge in [0.05, 0.1) is 18.2 Å². The van der Waals surface area contributed by atoms with Crippen LogP contribution in [0.4, 0.5) is 0 Å². The summed E-state index contributed by atoms with van der Waals surface area (Å²) in [7, 11) is 1.58. The highest BCUT2D eigenvalue weighted by molar-refractivity contribution is 9.10. The van der Waals surface area contributed by atoms with Crippen molar-refractivity contribution in [3.05, 3.63) is 130 Å². The fraction of sp³-hybridized carbons (Fsp3) is 0.156. The summed E-state index contributed by atoms with van der Waals surface area (Å²) in [4.78, 5) is 17.6. The Hall–Kier alpha value is -3.55. The van der Waals surface area contributed by atoms with Gasteiger partial charge in [0.15, 0.2) is 5.78 Å². The lowest BCUT2D eigenvalue weighted by molar-refractivity contribution is -0.0368. The first-order chi connectivity index (χ1) is 18.6. The zero-order valence-corrected chi connectivity index (χ0v) is 22.5. The van der Waals surface area contributed by atoms with Gasteiger partial charge in [-0.1, -0.05) is 101 Å². The first-order valence-electron chi connectivity index (χ1n) is 12.5. The monoisotopic (exact) mass is 566 g/mol. The second kappa shape index (κ2) is 10.3. The summed E-state index contributed by atoms with van der Waals surface area (Å²) in [5.41, 5.74) is 6.32. The van der Waals surface area contributed by atoms with Gasteiger partial charge in [-0.25, -0.2) is 0 Å². The third-order valence-electron chi connectivity index (χ3n) is 7.27. The lowest BCUT2D eigenvalue weighted by atomic mass is 9.79. The molecule has 0 unspecified atom stereocenters. The summed E-state index contributed by atoms with van der Waals surface area (Å²) in [6.07, 6.45) is 1.79. The van der Waals surface area contributed by atoms with Crippen LogP contribution in [0.1, 0.15) is 27.0 Å². The van der Waals surface area contributed by atoms with Crippen LogP contribution in [0.3, 0.4) is 0 Å². The van der Waals surface area contributed by atoms with Crippen molar-refractivity contribution < 1.29 is 14.3 Å². The maximum Gasteiger partial charge on any atom is 0.184 e. The molecule has 0 saturated heterocycles. The van der Waals surface area contributed by atoms with E-state index in [4.69, 9.17) is 9.47 Å². The molecule has 2 N–H and O–H groups in total. The highest BCUT2D eigenvalue weighted by Gasteiger charge is 2.46. The van der Waals surface area contributed by atoms with Gasteiger partial charge in [-0.15, -0.1) is 0 Å². The van der Waals surface area contributed by atoms with Gasteiger partial charge < -0.3 is 14.5 Å². The van der Waals surface area contributed by atoms with Crippen molar-refractivity contribution in [2.45, 2.75) is 11.6 Å². The molecule has 5 aromatic rings. The van der Waals surface area contributed by atoms with Gasteiger partial charge in [-0.3, -0.25) is 10.1 Å². The molecule has 5 nitrogen and oxygen atoms in total. The topological polar surface area (TPSA) is 63.4 Å². The molecule has 190 valence electrons. The number of hydrogen-bond acceptors (Lipinski definition) is 4. The third-order valence-corrected chi connectivity index (χ3v) is 7.93. The van der Waals surface area contributed by atoms with Crippen LogP contribution >= 0.6 is 15.9 Å². The number of halogens is 1. The molecule has 1 aromatic heterocycles. The molecule has 1 aliphatic carbocycles. The van der Waals surface area contributed by atoms with Crippen molar-refractivity contribution in [2.24, 2.45) is 0 Å². The number of aromatic amines is 1. The molecule has 0 aliphatic heterocycles. The fourth-order valence-electron chi connectivity index (χ4n) is 5.69. The highest BCUT2D eigenvalue weighted by Crippen LogP contribution is 2.51. The maximum atomic E-state index is 14.3. The molecule has 38 heavy (non-hydrogen) atoms. The second-order valence-electron chi connectivity index (χ2n) is 9.41. The zero-order chi connectivity index (χ0) is 26.1. The minimum atomic E-state index is -0.755. The number of ether oxygens (including phenoxy) is 2. The fourth-order valence-corrected chi connectivity index (χ4v) is 6.27. The quantitative estimate of drug-likeness (QED) is 0.119. The number of Topliss-reactive ketones (excluding diaryl/α,β-unsaturated/α-hetero) is 1. The Balaban J connectivity index is 1.53. The largest absolute Gasteiger partial charge is 0.360 e. The molecule has 0 saturated carbocycles. The van der Waals surface area contributed by atoms with Crippen molar-refractivity contribution in [3.63, 3.8) is 0 Å². The average Bonchev–Trinajstić information content (AvgIpc) is 3.52. The van der Waals surface area contributed by atoms with Gasteiger partial charge in [0, 0.05) is 34.2 Å². The van der Waals surface area contributed by atoms with E-state index in [-0.39, 0.29) is 19.2 Å². The molecule has 0 amide bonds. The molecule has 0 radical (unpaired) electrons. The normalized spacial score (nSPS) is 14.3. The molecule has 0 bridgehead atoms. The van der Waals surface area contributed by atoms with Crippen molar-refractivity contribution in [2.75, 3.05) is 20.5 Å². The van der Waals surface area contributed by atoms with Crippen LogP contribution in [0.15, 0.2) is 108 Å². The van der Waals surface area contributed by atoms with Crippen molar-refractivity contribution in [1.29, 1.82) is 0 Å². The summed E-state index contributed by atoms with van der Waals surface area (Å²) in [5, 5.41) is 4.69. The Labute approximate surface area is 229 Å². The highest BCUT2D eigenvalue weighted by atomic mass is 79.9.